The van der Waals surface area contributed by atoms with Gasteiger partial charge in [-0.2, -0.15) is 0 Å². The predicted octanol–water partition coefficient (Wildman–Crippen LogP) is 2.92. The lowest BCUT2D eigenvalue weighted by molar-refractivity contribution is 0.135. The van der Waals surface area contributed by atoms with Gasteiger partial charge in [0.1, 0.15) is 3.23 Å². The summed E-state index contributed by atoms with van der Waals surface area (Å²) in [6, 6.07) is 0. The summed E-state index contributed by atoms with van der Waals surface area (Å²) in [5.41, 5.74) is 0. The summed E-state index contributed by atoms with van der Waals surface area (Å²) in [5.74, 6) is 0. The van der Waals surface area contributed by atoms with Gasteiger partial charge in [-0.1, -0.05) is 38.8 Å². The molecule has 1 nitrogen and oxygen atoms in total. The van der Waals surface area contributed by atoms with Crippen molar-refractivity contribution in [2.75, 3.05) is 13.2 Å². The van der Waals surface area contributed by atoms with Crippen LogP contribution >= 0.6 is 31.9 Å². The molecule has 0 aliphatic rings. The molecule has 0 aliphatic carbocycles. The molecule has 0 atom stereocenters. The van der Waals surface area contributed by atoms with Crippen LogP contribution in [0.1, 0.15) is 20.3 Å². The van der Waals surface area contributed by atoms with Gasteiger partial charge in [-0.3, -0.25) is 0 Å². The third-order valence-electron chi connectivity index (χ3n) is 0.704. The van der Waals surface area contributed by atoms with Gasteiger partial charge in [0.15, 0.2) is 0 Å². The van der Waals surface area contributed by atoms with E-state index in [-0.39, 0.29) is 3.23 Å². The molecular weight excluding hydrogens is 248 g/mol. The van der Waals surface area contributed by atoms with Crippen molar-refractivity contribution in [1.82, 2.24) is 0 Å². The van der Waals surface area contributed by atoms with Crippen molar-refractivity contribution in [3.05, 3.63) is 0 Å². The van der Waals surface area contributed by atoms with Gasteiger partial charge < -0.3 is 4.74 Å². The second kappa shape index (κ2) is 4.69. The van der Waals surface area contributed by atoms with E-state index in [1.807, 2.05) is 6.92 Å². The summed E-state index contributed by atoms with van der Waals surface area (Å²) in [4.78, 5) is 0. The maximum Gasteiger partial charge on any atom is 0.101 e. The normalized spacial score (nSPS) is 12.0. The Morgan fingerprint density at radius 3 is 2.33 bits per heavy atom. The highest BCUT2D eigenvalue weighted by molar-refractivity contribution is 9.25. The first-order valence-electron chi connectivity index (χ1n) is 3.02. The summed E-state index contributed by atoms with van der Waals surface area (Å²) < 4.78 is 5.21. The summed E-state index contributed by atoms with van der Waals surface area (Å²) in [6.07, 6.45) is 1.08. The minimum Gasteiger partial charge on any atom is -0.379 e. The van der Waals surface area contributed by atoms with Crippen molar-refractivity contribution in [2.45, 2.75) is 23.5 Å². The van der Waals surface area contributed by atoms with Gasteiger partial charge in [0, 0.05) is 6.61 Å². The lowest BCUT2D eigenvalue weighted by Gasteiger charge is -2.12. The zero-order valence-corrected chi connectivity index (χ0v) is 8.96. The average Bonchev–Trinajstić information content (AvgIpc) is 1.63. The SMILES string of the molecule is CCCOCC(C)(Br)Br. The summed E-state index contributed by atoms with van der Waals surface area (Å²) in [5, 5.41) is 0. The monoisotopic (exact) mass is 258 g/mol. The van der Waals surface area contributed by atoms with Gasteiger partial charge in [-0.25, -0.2) is 0 Å². The highest BCUT2D eigenvalue weighted by Crippen LogP contribution is 2.24. The maximum absolute atomic E-state index is 5.25. The van der Waals surface area contributed by atoms with Gasteiger partial charge >= 0.3 is 0 Å². The number of alkyl halides is 2. The molecule has 0 rings (SSSR count). The Kier molecular flexibility index (Phi) is 5.17. The fraction of sp³-hybridized carbons (Fsp3) is 1.00. The highest BCUT2D eigenvalue weighted by atomic mass is 79.9. The summed E-state index contributed by atoms with van der Waals surface area (Å²) in [7, 11) is 0. The van der Waals surface area contributed by atoms with E-state index in [4.69, 9.17) is 4.74 Å². The van der Waals surface area contributed by atoms with E-state index in [0.717, 1.165) is 13.0 Å². The second-order valence-corrected chi connectivity index (χ2v) is 6.69. The van der Waals surface area contributed by atoms with Gasteiger partial charge in [-0.15, -0.1) is 0 Å². The van der Waals surface area contributed by atoms with Crippen LogP contribution in [0, 0.1) is 0 Å². The Hall–Kier alpha value is 0.920. The number of hydrogen-bond acceptors (Lipinski definition) is 1. The van der Waals surface area contributed by atoms with Crippen molar-refractivity contribution in [1.29, 1.82) is 0 Å². The number of rotatable bonds is 4. The summed E-state index contributed by atoms with van der Waals surface area (Å²) in [6.45, 7) is 5.66. The molecule has 56 valence electrons. The van der Waals surface area contributed by atoms with Crippen molar-refractivity contribution < 1.29 is 4.74 Å². The van der Waals surface area contributed by atoms with Gasteiger partial charge in [0.05, 0.1) is 6.61 Å². The van der Waals surface area contributed by atoms with Crippen LogP contribution in [0.2, 0.25) is 0 Å². The fourth-order valence-corrected chi connectivity index (χ4v) is 0.719. The van der Waals surface area contributed by atoms with Crippen LogP contribution in [-0.4, -0.2) is 16.4 Å². The first kappa shape index (κ1) is 9.92. The highest BCUT2D eigenvalue weighted by Gasteiger charge is 2.13. The average molecular weight is 260 g/mol. The molecule has 0 aromatic heterocycles. The van der Waals surface area contributed by atoms with Crippen LogP contribution in [0.25, 0.3) is 0 Å². The Bertz CT molecular complexity index is 67.9. The molecule has 0 spiro atoms. The Labute approximate surface area is 73.4 Å². The van der Waals surface area contributed by atoms with Crippen LogP contribution < -0.4 is 0 Å². The van der Waals surface area contributed by atoms with Crippen molar-refractivity contribution >= 4 is 31.9 Å². The van der Waals surface area contributed by atoms with E-state index in [2.05, 4.69) is 38.8 Å². The first-order valence-corrected chi connectivity index (χ1v) is 4.60. The largest absolute Gasteiger partial charge is 0.379 e. The van der Waals surface area contributed by atoms with Gasteiger partial charge in [-0.05, 0) is 13.3 Å². The summed E-state index contributed by atoms with van der Waals surface area (Å²) >= 11 is 6.80. The van der Waals surface area contributed by atoms with Crippen LogP contribution in [-0.2, 0) is 4.74 Å². The van der Waals surface area contributed by atoms with E-state index in [1.54, 1.807) is 0 Å². The molecule has 9 heavy (non-hydrogen) atoms. The molecule has 0 amide bonds. The van der Waals surface area contributed by atoms with E-state index < -0.39 is 0 Å². The molecule has 0 saturated heterocycles. The van der Waals surface area contributed by atoms with E-state index in [1.165, 1.54) is 0 Å². The Balaban J connectivity index is 3.07. The Morgan fingerprint density at radius 2 is 2.00 bits per heavy atom. The van der Waals surface area contributed by atoms with Crippen LogP contribution in [0.4, 0.5) is 0 Å². The molecule has 0 radical (unpaired) electrons. The minimum absolute atomic E-state index is 0.0465. The molecule has 0 aromatic rings. The van der Waals surface area contributed by atoms with Crippen molar-refractivity contribution in [3.63, 3.8) is 0 Å². The third-order valence-corrected chi connectivity index (χ3v) is 1.16. The van der Waals surface area contributed by atoms with Gasteiger partial charge in [0.25, 0.3) is 0 Å². The molecule has 0 aromatic carbocycles. The Morgan fingerprint density at radius 1 is 1.44 bits per heavy atom. The third kappa shape index (κ3) is 8.92. The zero-order valence-electron chi connectivity index (χ0n) is 5.79. The van der Waals surface area contributed by atoms with E-state index in [9.17, 15) is 0 Å². The topological polar surface area (TPSA) is 9.23 Å². The van der Waals surface area contributed by atoms with Crippen molar-refractivity contribution in [3.8, 4) is 0 Å². The molecule has 0 unspecified atom stereocenters. The smallest absolute Gasteiger partial charge is 0.101 e. The number of hydrogen-bond donors (Lipinski definition) is 0. The molecule has 0 heterocycles. The molecule has 3 heteroatoms. The second-order valence-electron chi connectivity index (χ2n) is 2.12. The molecule has 0 saturated carbocycles. The first-order chi connectivity index (χ1) is 4.06. The van der Waals surface area contributed by atoms with Crippen molar-refractivity contribution in [2.24, 2.45) is 0 Å². The molecular formula is C6H12Br2O. The lowest BCUT2D eigenvalue weighted by Crippen LogP contribution is -2.14. The number of ether oxygens (including phenoxy) is 1. The standard InChI is InChI=1S/C6H12Br2O/c1-3-4-9-5-6(2,7)8/h3-5H2,1-2H3. The molecule has 0 fully saturated rings. The van der Waals surface area contributed by atoms with E-state index in [0.29, 0.717) is 6.61 Å². The van der Waals surface area contributed by atoms with Crippen LogP contribution in [0.15, 0.2) is 0 Å². The molecule has 0 bridgehead atoms. The zero-order chi connectivity index (χ0) is 7.33. The van der Waals surface area contributed by atoms with Crippen LogP contribution in [0.5, 0.6) is 0 Å². The lowest BCUT2D eigenvalue weighted by atomic mass is 10.5. The molecule has 0 N–H and O–H groups in total. The quantitative estimate of drug-likeness (QED) is 0.557. The van der Waals surface area contributed by atoms with Gasteiger partial charge in [0.2, 0.25) is 0 Å². The maximum atomic E-state index is 5.25. The number of halogens is 2. The predicted molar refractivity (Wildman–Crippen MR) is 47.4 cm³/mol. The fourth-order valence-electron chi connectivity index (χ4n) is 0.396. The van der Waals surface area contributed by atoms with E-state index >= 15 is 0 Å². The minimum atomic E-state index is -0.0465. The molecule has 0 aliphatic heterocycles. The van der Waals surface area contributed by atoms with Crippen LogP contribution in [0.3, 0.4) is 0 Å².